The summed E-state index contributed by atoms with van der Waals surface area (Å²) in [4.78, 5) is 15.6. The molecule has 0 aliphatic carbocycles. The molecule has 0 spiro atoms. The second-order valence-corrected chi connectivity index (χ2v) is 14.6. The number of para-hydroxylation sites is 1. The molecule has 0 saturated heterocycles. The minimum Gasteiger partial charge on any atom is -0.309 e. The highest BCUT2D eigenvalue weighted by Gasteiger charge is 2.23. The maximum Gasteiger partial charge on any atom is 0.164 e. The SMILES string of the molecule is c1ccc(-c2ccc3c(c2)c2c4c(ccc5c6ccccc6sc54)c(-c4nc(-c5ccccc5)nc(-c5ccccc5)n4)cc2n3-c2ccccc2)cc1. The van der Waals surface area contributed by atoms with Gasteiger partial charge in [0.25, 0.3) is 0 Å². The lowest BCUT2D eigenvalue weighted by Crippen LogP contribution is -2.01. The molecule has 3 aromatic heterocycles. The van der Waals surface area contributed by atoms with Crippen molar-refractivity contribution in [3.05, 3.63) is 182 Å². The number of nitrogens with zero attached hydrogens (tertiary/aromatic N) is 4. The van der Waals surface area contributed by atoms with Gasteiger partial charge < -0.3 is 4.57 Å². The molecular weight excluding hydrogens is 677 g/mol. The van der Waals surface area contributed by atoms with Gasteiger partial charge in [-0.2, -0.15) is 0 Å². The van der Waals surface area contributed by atoms with E-state index in [-0.39, 0.29) is 0 Å². The van der Waals surface area contributed by atoms with Gasteiger partial charge in [-0.25, -0.2) is 15.0 Å². The normalized spacial score (nSPS) is 11.7. The molecule has 252 valence electrons. The molecule has 11 aromatic rings. The van der Waals surface area contributed by atoms with Gasteiger partial charge in [0.2, 0.25) is 0 Å². The van der Waals surface area contributed by atoms with E-state index < -0.39 is 0 Å². The first-order chi connectivity index (χ1) is 26.8. The van der Waals surface area contributed by atoms with E-state index in [2.05, 4.69) is 150 Å². The quantitative estimate of drug-likeness (QED) is 0.179. The summed E-state index contributed by atoms with van der Waals surface area (Å²) in [5.74, 6) is 1.93. The first-order valence-corrected chi connectivity index (χ1v) is 18.9. The number of hydrogen-bond acceptors (Lipinski definition) is 4. The van der Waals surface area contributed by atoms with Crippen molar-refractivity contribution in [3.8, 4) is 51.0 Å². The van der Waals surface area contributed by atoms with Crippen LogP contribution in [0.15, 0.2) is 182 Å². The topological polar surface area (TPSA) is 43.6 Å². The third-order valence-electron chi connectivity index (χ3n) is 10.4. The van der Waals surface area contributed by atoms with Crippen LogP contribution in [0.25, 0.3) is 104 Å². The Bertz CT molecular complexity index is 3130. The number of fused-ring (bicyclic) bond motifs is 9. The van der Waals surface area contributed by atoms with Gasteiger partial charge in [0, 0.05) is 58.7 Å². The molecular formula is C49H30N4S. The number of thiophene rings is 1. The highest BCUT2D eigenvalue weighted by Crippen LogP contribution is 2.48. The van der Waals surface area contributed by atoms with Crippen molar-refractivity contribution in [2.75, 3.05) is 0 Å². The van der Waals surface area contributed by atoms with Crippen LogP contribution in [-0.2, 0) is 0 Å². The Hall–Kier alpha value is -6.95. The monoisotopic (exact) mass is 706 g/mol. The van der Waals surface area contributed by atoms with Gasteiger partial charge in [0.1, 0.15) is 0 Å². The van der Waals surface area contributed by atoms with Crippen LogP contribution >= 0.6 is 11.3 Å². The van der Waals surface area contributed by atoms with Crippen LogP contribution in [0.1, 0.15) is 0 Å². The standard InChI is InChI=1S/C49H30N4S/c1-5-15-31(16-6-1)34-25-28-41-40(29-34)44-42(53(41)35-21-11-4-12-22-35)30-39(37-26-27-38-36-23-13-14-24-43(36)54-46(38)45(37)44)49-51-47(32-17-7-2-8-18-32)50-48(52-49)33-19-9-3-10-20-33/h1-30H. The van der Waals surface area contributed by atoms with Gasteiger partial charge >= 0.3 is 0 Å². The minimum absolute atomic E-state index is 0.643. The second kappa shape index (κ2) is 12.3. The Kier molecular flexibility index (Phi) is 7.00. The summed E-state index contributed by atoms with van der Waals surface area (Å²) < 4.78 is 4.94. The number of rotatable bonds is 5. The largest absolute Gasteiger partial charge is 0.309 e. The molecule has 0 fully saturated rings. The zero-order valence-electron chi connectivity index (χ0n) is 29.0. The summed E-state index contributed by atoms with van der Waals surface area (Å²) in [6, 6.07) is 64.3. The lowest BCUT2D eigenvalue weighted by molar-refractivity contribution is 1.08. The molecule has 0 radical (unpaired) electrons. The third-order valence-corrected chi connectivity index (χ3v) is 11.6. The molecule has 0 amide bonds. The Morgan fingerprint density at radius 3 is 1.63 bits per heavy atom. The average Bonchev–Trinajstić information content (AvgIpc) is 3.80. The van der Waals surface area contributed by atoms with E-state index in [1.165, 1.54) is 47.5 Å². The van der Waals surface area contributed by atoms with Gasteiger partial charge in [-0.15, -0.1) is 11.3 Å². The highest BCUT2D eigenvalue weighted by atomic mass is 32.1. The van der Waals surface area contributed by atoms with Gasteiger partial charge in [-0.3, -0.25) is 0 Å². The number of benzene rings is 8. The highest BCUT2D eigenvalue weighted by molar-refractivity contribution is 7.26. The summed E-state index contributed by atoms with van der Waals surface area (Å²) in [7, 11) is 0. The van der Waals surface area contributed by atoms with Gasteiger partial charge in [0.15, 0.2) is 17.5 Å². The molecule has 54 heavy (non-hydrogen) atoms. The summed E-state index contributed by atoms with van der Waals surface area (Å²) >= 11 is 1.86. The predicted molar refractivity (Wildman–Crippen MR) is 226 cm³/mol. The van der Waals surface area contributed by atoms with Crippen molar-refractivity contribution in [1.82, 2.24) is 19.5 Å². The van der Waals surface area contributed by atoms with E-state index in [1.807, 2.05) is 47.7 Å². The molecule has 11 rings (SSSR count). The van der Waals surface area contributed by atoms with Crippen LogP contribution in [0.4, 0.5) is 0 Å². The van der Waals surface area contributed by atoms with Crippen molar-refractivity contribution in [1.29, 1.82) is 0 Å². The fourth-order valence-corrected chi connectivity index (χ4v) is 9.22. The summed E-state index contributed by atoms with van der Waals surface area (Å²) in [5, 5.41) is 7.29. The Morgan fingerprint density at radius 2 is 0.944 bits per heavy atom. The zero-order chi connectivity index (χ0) is 35.6. The van der Waals surface area contributed by atoms with Crippen LogP contribution in [0, 0.1) is 0 Å². The van der Waals surface area contributed by atoms with Gasteiger partial charge in [-0.05, 0) is 52.9 Å². The van der Waals surface area contributed by atoms with Crippen molar-refractivity contribution in [2.45, 2.75) is 0 Å². The molecule has 3 heterocycles. The van der Waals surface area contributed by atoms with Gasteiger partial charge in [0.05, 0.1) is 11.0 Å². The lowest BCUT2D eigenvalue weighted by Gasteiger charge is -2.13. The number of aromatic nitrogens is 4. The number of hydrogen-bond donors (Lipinski definition) is 0. The second-order valence-electron chi connectivity index (χ2n) is 13.6. The van der Waals surface area contributed by atoms with E-state index in [0.717, 1.165) is 38.8 Å². The maximum absolute atomic E-state index is 5.26. The molecule has 0 saturated carbocycles. The summed E-state index contributed by atoms with van der Waals surface area (Å²) in [5.41, 5.74) is 8.61. The van der Waals surface area contributed by atoms with E-state index in [1.54, 1.807) is 0 Å². The Morgan fingerprint density at radius 1 is 0.370 bits per heavy atom. The van der Waals surface area contributed by atoms with E-state index in [4.69, 9.17) is 15.0 Å². The fraction of sp³-hybridized carbons (Fsp3) is 0. The lowest BCUT2D eigenvalue weighted by atomic mass is 9.95. The molecule has 0 N–H and O–H groups in total. The summed E-state index contributed by atoms with van der Waals surface area (Å²) in [6.07, 6.45) is 0. The van der Waals surface area contributed by atoms with Crippen molar-refractivity contribution < 1.29 is 0 Å². The molecule has 0 atom stereocenters. The third kappa shape index (κ3) is 4.86. The van der Waals surface area contributed by atoms with Crippen LogP contribution in [0.3, 0.4) is 0 Å². The maximum atomic E-state index is 5.26. The van der Waals surface area contributed by atoms with E-state index >= 15 is 0 Å². The predicted octanol–water partition coefficient (Wildman–Crippen LogP) is 13.2. The van der Waals surface area contributed by atoms with Crippen molar-refractivity contribution in [2.24, 2.45) is 0 Å². The van der Waals surface area contributed by atoms with Gasteiger partial charge in [-0.1, -0.05) is 146 Å². The Labute approximate surface area is 315 Å². The molecule has 4 nitrogen and oxygen atoms in total. The van der Waals surface area contributed by atoms with Crippen LogP contribution in [-0.4, -0.2) is 19.5 Å². The Balaban J connectivity index is 1.33. The molecule has 0 unspecified atom stereocenters. The molecule has 5 heteroatoms. The van der Waals surface area contributed by atoms with E-state index in [0.29, 0.717) is 17.5 Å². The molecule has 0 bridgehead atoms. The smallest absolute Gasteiger partial charge is 0.164 e. The molecule has 8 aromatic carbocycles. The summed E-state index contributed by atoms with van der Waals surface area (Å²) in [6.45, 7) is 0. The van der Waals surface area contributed by atoms with Crippen molar-refractivity contribution >= 4 is 64.1 Å². The first-order valence-electron chi connectivity index (χ1n) is 18.1. The van der Waals surface area contributed by atoms with Crippen LogP contribution in [0.5, 0.6) is 0 Å². The van der Waals surface area contributed by atoms with Crippen LogP contribution < -0.4 is 0 Å². The fourth-order valence-electron chi connectivity index (χ4n) is 7.97. The van der Waals surface area contributed by atoms with Crippen molar-refractivity contribution in [3.63, 3.8) is 0 Å². The minimum atomic E-state index is 0.643. The van der Waals surface area contributed by atoms with E-state index in [9.17, 15) is 0 Å². The van der Waals surface area contributed by atoms with Crippen LogP contribution in [0.2, 0.25) is 0 Å². The first kappa shape index (κ1) is 30.7. The average molecular weight is 707 g/mol. The zero-order valence-corrected chi connectivity index (χ0v) is 29.8. The molecule has 0 aliphatic heterocycles. The molecule has 0 aliphatic rings.